The van der Waals surface area contributed by atoms with Gasteiger partial charge in [0.2, 0.25) is 5.91 Å². The summed E-state index contributed by atoms with van der Waals surface area (Å²) in [6, 6.07) is 0.489. The number of rotatable bonds is 3. The van der Waals surface area contributed by atoms with Gasteiger partial charge in [-0.15, -0.1) is 0 Å². The number of amides is 1. The first-order valence-corrected chi connectivity index (χ1v) is 6.62. The maximum Gasteiger partial charge on any atom is 0.233 e. The Labute approximate surface area is 95.2 Å². The van der Waals surface area contributed by atoms with Crippen LogP contribution in [0.4, 0.5) is 0 Å². The van der Waals surface area contributed by atoms with Crippen LogP contribution in [0.15, 0.2) is 0 Å². The summed E-state index contributed by atoms with van der Waals surface area (Å²) in [5.41, 5.74) is 0. The van der Waals surface area contributed by atoms with Crippen LogP contribution >= 0.6 is 15.9 Å². The second kappa shape index (κ2) is 5.74. The van der Waals surface area contributed by atoms with Gasteiger partial charge in [-0.1, -0.05) is 29.3 Å². The molecule has 1 amide bonds. The van der Waals surface area contributed by atoms with E-state index >= 15 is 0 Å². The van der Waals surface area contributed by atoms with Gasteiger partial charge in [0.25, 0.3) is 0 Å². The summed E-state index contributed by atoms with van der Waals surface area (Å²) in [6.07, 6.45) is 6.26. The van der Waals surface area contributed by atoms with Gasteiger partial charge in [-0.05, 0) is 31.6 Å². The van der Waals surface area contributed by atoms with Crippen LogP contribution in [0.2, 0.25) is 0 Å². The fourth-order valence-electron chi connectivity index (χ4n) is 2.24. The van der Waals surface area contributed by atoms with Crippen LogP contribution < -0.4 is 0 Å². The molecule has 1 aliphatic carbocycles. The van der Waals surface area contributed by atoms with E-state index in [9.17, 15) is 4.79 Å². The lowest BCUT2D eigenvalue weighted by molar-refractivity contribution is -0.129. The Morgan fingerprint density at radius 2 is 1.93 bits per heavy atom. The van der Waals surface area contributed by atoms with Gasteiger partial charge in [0.15, 0.2) is 0 Å². The van der Waals surface area contributed by atoms with Crippen LogP contribution in [0.25, 0.3) is 0 Å². The fourth-order valence-corrected chi connectivity index (χ4v) is 2.63. The topological polar surface area (TPSA) is 20.3 Å². The maximum atomic E-state index is 11.4. The second-order valence-corrected chi connectivity index (χ2v) is 4.78. The Bertz CT molecular complexity index is 188. The first-order chi connectivity index (χ1) is 6.69. The predicted octanol–water partition coefficient (Wildman–Crippen LogP) is 2.81. The Kier molecular flexibility index (Phi) is 4.93. The zero-order chi connectivity index (χ0) is 10.6. The number of carbonyl (C=O) groups is 1. The summed E-state index contributed by atoms with van der Waals surface area (Å²) in [4.78, 5) is 13.4. The average molecular weight is 262 g/mol. The molecule has 1 aliphatic rings. The molecule has 0 unspecified atom stereocenters. The van der Waals surface area contributed by atoms with E-state index in [1.807, 2.05) is 11.9 Å². The zero-order valence-corrected chi connectivity index (χ0v) is 10.7. The molecule has 82 valence electrons. The normalized spacial score (nSPS) is 27.4. The summed E-state index contributed by atoms with van der Waals surface area (Å²) in [5, 5.41) is 0.456. The Hall–Kier alpha value is -0.0500. The molecule has 0 saturated heterocycles. The quantitative estimate of drug-likeness (QED) is 0.716. The molecule has 0 N–H and O–H groups in total. The number of hydrogen-bond donors (Lipinski definition) is 0. The molecule has 0 bridgehead atoms. The predicted molar refractivity (Wildman–Crippen MR) is 62.6 cm³/mol. The van der Waals surface area contributed by atoms with Gasteiger partial charge in [-0.2, -0.15) is 0 Å². The minimum Gasteiger partial charge on any atom is -0.342 e. The molecule has 0 aromatic carbocycles. The second-order valence-electron chi connectivity index (χ2n) is 4.22. The van der Waals surface area contributed by atoms with Crippen LogP contribution in [-0.4, -0.2) is 29.2 Å². The van der Waals surface area contributed by atoms with Crippen LogP contribution in [0.1, 0.15) is 39.0 Å². The van der Waals surface area contributed by atoms with Crippen molar-refractivity contribution in [2.24, 2.45) is 5.92 Å². The molecule has 0 atom stereocenters. The van der Waals surface area contributed by atoms with Crippen LogP contribution in [-0.2, 0) is 4.79 Å². The summed E-state index contributed by atoms with van der Waals surface area (Å²) >= 11 is 3.22. The van der Waals surface area contributed by atoms with Crippen molar-refractivity contribution in [1.82, 2.24) is 4.90 Å². The smallest absolute Gasteiger partial charge is 0.233 e. The molecular weight excluding hydrogens is 242 g/mol. The summed E-state index contributed by atoms with van der Waals surface area (Å²) in [7, 11) is 1.93. The lowest BCUT2D eigenvalue weighted by Crippen LogP contribution is -2.40. The molecular formula is C11H20BrNO. The molecule has 3 heteroatoms. The minimum absolute atomic E-state index is 0.213. The molecule has 1 fully saturated rings. The van der Waals surface area contributed by atoms with Crippen molar-refractivity contribution in [3.05, 3.63) is 0 Å². The van der Waals surface area contributed by atoms with E-state index in [2.05, 4.69) is 22.9 Å². The van der Waals surface area contributed by atoms with Crippen LogP contribution in [0.5, 0.6) is 0 Å². The summed E-state index contributed by atoms with van der Waals surface area (Å²) in [5.74, 6) is 1.11. The van der Waals surface area contributed by atoms with E-state index in [1.165, 1.54) is 32.1 Å². The highest BCUT2D eigenvalue weighted by Crippen LogP contribution is 2.28. The van der Waals surface area contributed by atoms with E-state index in [1.54, 1.807) is 0 Å². The van der Waals surface area contributed by atoms with E-state index in [-0.39, 0.29) is 5.91 Å². The molecule has 14 heavy (non-hydrogen) atoms. The maximum absolute atomic E-state index is 11.4. The minimum atomic E-state index is 0.213. The highest BCUT2D eigenvalue weighted by atomic mass is 79.9. The van der Waals surface area contributed by atoms with Crippen molar-refractivity contribution < 1.29 is 4.79 Å². The van der Waals surface area contributed by atoms with Crippen molar-refractivity contribution in [2.75, 3.05) is 12.4 Å². The Morgan fingerprint density at radius 1 is 1.36 bits per heavy atom. The number of alkyl halides is 1. The molecule has 0 spiro atoms. The molecule has 0 aliphatic heterocycles. The van der Waals surface area contributed by atoms with Gasteiger partial charge < -0.3 is 4.90 Å². The van der Waals surface area contributed by atoms with Crippen LogP contribution in [0.3, 0.4) is 0 Å². The van der Waals surface area contributed by atoms with Crippen molar-refractivity contribution >= 4 is 21.8 Å². The van der Waals surface area contributed by atoms with E-state index < -0.39 is 0 Å². The Morgan fingerprint density at radius 3 is 2.36 bits per heavy atom. The third-order valence-electron chi connectivity index (χ3n) is 3.45. The summed E-state index contributed by atoms with van der Waals surface area (Å²) < 4.78 is 0. The van der Waals surface area contributed by atoms with Crippen molar-refractivity contribution in [1.29, 1.82) is 0 Å². The van der Waals surface area contributed by atoms with E-state index in [0.717, 1.165) is 5.92 Å². The lowest BCUT2D eigenvalue weighted by atomic mass is 9.84. The highest BCUT2D eigenvalue weighted by molar-refractivity contribution is 9.09. The van der Waals surface area contributed by atoms with Gasteiger partial charge in [-0.25, -0.2) is 0 Å². The number of hydrogen-bond acceptors (Lipinski definition) is 1. The average Bonchev–Trinajstić information content (AvgIpc) is 2.27. The fraction of sp³-hybridized carbons (Fsp3) is 0.909. The first-order valence-electron chi connectivity index (χ1n) is 5.50. The van der Waals surface area contributed by atoms with E-state index in [4.69, 9.17) is 0 Å². The largest absolute Gasteiger partial charge is 0.342 e. The monoisotopic (exact) mass is 261 g/mol. The summed E-state index contributed by atoms with van der Waals surface area (Å²) in [6.45, 7) is 2.26. The van der Waals surface area contributed by atoms with E-state index in [0.29, 0.717) is 11.4 Å². The number of carbonyl (C=O) groups excluding carboxylic acids is 1. The molecule has 0 radical (unpaired) electrons. The molecule has 1 saturated carbocycles. The van der Waals surface area contributed by atoms with Gasteiger partial charge in [-0.3, -0.25) is 4.79 Å². The van der Waals surface area contributed by atoms with Gasteiger partial charge in [0.1, 0.15) is 0 Å². The molecule has 0 heterocycles. The highest BCUT2D eigenvalue weighted by Gasteiger charge is 2.24. The van der Waals surface area contributed by atoms with Gasteiger partial charge in [0, 0.05) is 13.1 Å². The SMILES string of the molecule is CCC1CCC(N(C)C(=O)CBr)CC1. The zero-order valence-electron chi connectivity index (χ0n) is 9.13. The molecule has 1 rings (SSSR count). The first kappa shape index (κ1) is 12.0. The lowest BCUT2D eigenvalue weighted by Gasteiger charge is -2.34. The van der Waals surface area contributed by atoms with Crippen LogP contribution in [0, 0.1) is 5.92 Å². The number of halogens is 1. The third-order valence-corrected chi connectivity index (χ3v) is 3.93. The molecule has 0 aromatic heterocycles. The van der Waals surface area contributed by atoms with Gasteiger partial charge in [0.05, 0.1) is 5.33 Å². The van der Waals surface area contributed by atoms with Crippen molar-refractivity contribution in [2.45, 2.75) is 45.1 Å². The van der Waals surface area contributed by atoms with Crippen molar-refractivity contribution in [3.63, 3.8) is 0 Å². The standard InChI is InChI=1S/C11H20BrNO/c1-3-9-4-6-10(7-5-9)13(2)11(14)8-12/h9-10H,3-8H2,1-2H3. The molecule has 0 aromatic rings. The third kappa shape index (κ3) is 2.97. The number of nitrogens with zero attached hydrogens (tertiary/aromatic N) is 1. The molecule has 2 nitrogen and oxygen atoms in total. The van der Waals surface area contributed by atoms with Gasteiger partial charge >= 0.3 is 0 Å². The van der Waals surface area contributed by atoms with Crippen molar-refractivity contribution in [3.8, 4) is 0 Å². The Balaban J connectivity index is 2.37.